The van der Waals surface area contributed by atoms with E-state index in [1.165, 1.54) is 0 Å². The Morgan fingerprint density at radius 3 is 2.71 bits per heavy atom. The second-order valence-electron chi connectivity index (χ2n) is 4.62. The summed E-state index contributed by atoms with van der Waals surface area (Å²) in [6.07, 6.45) is 3.07. The maximum Gasteiger partial charge on any atom is 0.252 e. The van der Waals surface area contributed by atoms with Gasteiger partial charge in [-0.3, -0.25) is 4.79 Å². The quantitative estimate of drug-likeness (QED) is 0.693. The Kier molecular flexibility index (Phi) is 11.0. The van der Waals surface area contributed by atoms with E-state index in [1.54, 1.807) is 17.8 Å². The Morgan fingerprint density at radius 1 is 1.43 bits per heavy atom. The molecule has 0 aliphatic heterocycles. The standard InChI is InChI=1S/C15H23ClN2OS.ClH/c1-3-5-6-12(10-17)18-15(19)13-9-11(16)7-8-14(13)20-4-2;/h7-9,12H,3-6,10,17H2,1-2H3,(H,18,19);1H. The van der Waals surface area contributed by atoms with Crippen LogP contribution in [-0.4, -0.2) is 24.2 Å². The van der Waals surface area contributed by atoms with Gasteiger partial charge in [0.2, 0.25) is 0 Å². The van der Waals surface area contributed by atoms with Gasteiger partial charge in [0.05, 0.1) is 5.56 Å². The number of amides is 1. The highest BCUT2D eigenvalue weighted by molar-refractivity contribution is 7.99. The van der Waals surface area contributed by atoms with E-state index < -0.39 is 0 Å². The molecule has 0 saturated carbocycles. The molecule has 0 aliphatic rings. The van der Waals surface area contributed by atoms with Crippen LogP contribution in [0.4, 0.5) is 0 Å². The number of unbranched alkanes of at least 4 members (excludes halogenated alkanes) is 1. The summed E-state index contributed by atoms with van der Waals surface area (Å²) in [5.74, 6) is 0.827. The molecule has 3 N–H and O–H groups in total. The minimum atomic E-state index is -0.0880. The lowest BCUT2D eigenvalue weighted by molar-refractivity contribution is 0.0933. The lowest BCUT2D eigenvalue weighted by Gasteiger charge is -2.17. The zero-order valence-corrected chi connectivity index (χ0v) is 14.9. The van der Waals surface area contributed by atoms with Crippen LogP contribution in [0.25, 0.3) is 0 Å². The fourth-order valence-corrected chi connectivity index (χ4v) is 2.88. The molecule has 0 bridgehead atoms. The van der Waals surface area contributed by atoms with E-state index in [2.05, 4.69) is 19.2 Å². The average molecular weight is 351 g/mol. The van der Waals surface area contributed by atoms with E-state index in [0.29, 0.717) is 17.1 Å². The van der Waals surface area contributed by atoms with Gasteiger partial charge in [0.15, 0.2) is 0 Å². The van der Waals surface area contributed by atoms with E-state index in [4.69, 9.17) is 17.3 Å². The van der Waals surface area contributed by atoms with Gasteiger partial charge in [-0.25, -0.2) is 0 Å². The van der Waals surface area contributed by atoms with Crippen LogP contribution in [0, 0.1) is 0 Å². The van der Waals surface area contributed by atoms with Crippen LogP contribution in [-0.2, 0) is 0 Å². The molecule has 120 valence electrons. The molecule has 1 atom stereocenters. The van der Waals surface area contributed by atoms with Crippen molar-refractivity contribution in [1.29, 1.82) is 0 Å². The van der Waals surface area contributed by atoms with Crippen LogP contribution in [0.15, 0.2) is 23.1 Å². The number of halogens is 2. The van der Waals surface area contributed by atoms with Gasteiger partial charge in [0, 0.05) is 22.5 Å². The molecule has 0 aliphatic carbocycles. The summed E-state index contributed by atoms with van der Waals surface area (Å²) in [5.41, 5.74) is 6.36. The number of thioether (sulfide) groups is 1. The summed E-state index contributed by atoms with van der Waals surface area (Å²) in [6.45, 7) is 4.65. The van der Waals surface area contributed by atoms with Gasteiger partial charge in [-0.15, -0.1) is 24.2 Å². The van der Waals surface area contributed by atoms with Crippen molar-refractivity contribution in [3.63, 3.8) is 0 Å². The number of nitrogens with one attached hydrogen (secondary N) is 1. The molecule has 21 heavy (non-hydrogen) atoms. The van der Waals surface area contributed by atoms with Crippen LogP contribution in [0.5, 0.6) is 0 Å². The third kappa shape index (κ3) is 6.92. The van der Waals surface area contributed by atoms with Crippen LogP contribution >= 0.6 is 35.8 Å². The monoisotopic (exact) mass is 350 g/mol. The zero-order chi connectivity index (χ0) is 15.0. The number of hydrogen-bond donors (Lipinski definition) is 2. The van der Waals surface area contributed by atoms with E-state index in [1.807, 2.05) is 12.1 Å². The molecule has 0 heterocycles. The molecule has 0 radical (unpaired) electrons. The highest BCUT2D eigenvalue weighted by atomic mass is 35.5. The number of carbonyl (C=O) groups excluding carboxylic acids is 1. The molecule has 1 rings (SSSR count). The minimum Gasteiger partial charge on any atom is -0.348 e. The summed E-state index contributed by atoms with van der Waals surface area (Å²) in [7, 11) is 0. The average Bonchev–Trinajstić information content (AvgIpc) is 2.45. The third-order valence-corrected chi connectivity index (χ3v) is 4.20. The van der Waals surface area contributed by atoms with Gasteiger partial charge in [-0.2, -0.15) is 0 Å². The molecule has 1 aromatic rings. The van der Waals surface area contributed by atoms with Gasteiger partial charge < -0.3 is 11.1 Å². The SMILES string of the molecule is CCCCC(CN)NC(=O)c1cc(Cl)ccc1SCC.Cl. The number of hydrogen-bond acceptors (Lipinski definition) is 3. The molecular weight excluding hydrogens is 327 g/mol. The van der Waals surface area contributed by atoms with Crippen molar-refractivity contribution in [3.8, 4) is 0 Å². The summed E-state index contributed by atoms with van der Waals surface area (Å²) < 4.78 is 0. The Labute approximate surface area is 142 Å². The largest absolute Gasteiger partial charge is 0.348 e. The number of rotatable bonds is 8. The number of carbonyl (C=O) groups is 1. The van der Waals surface area contributed by atoms with Crippen LogP contribution in [0.2, 0.25) is 5.02 Å². The summed E-state index contributed by atoms with van der Waals surface area (Å²) >= 11 is 7.64. The van der Waals surface area contributed by atoms with E-state index in [-0.39, 0.29) is 24.4 Å². The normalized spacial score (nSPS) is 11.6. The van der Waals surface area contributed by atoms with Crippen molar-refractivity contribution in [1.82, 2.24) is 5.32 Å². The first-order valence-corrected chi connectivity index (χ1v) is 8.42. The van der Waals surface area contributed by atoms with Gasteiger partial charge in [0.1, 0.15) is 0 Å². The van der Waals surface area contributed by atoms with Crippen LogP contribution in [0.3, 0.4) is 0 Å². The number of nitrogens with two attached hydrogens (primary N) is 1. The van der Waals surface area contributed by atoms with Crippen LogP contribution < -0.4 is 11.1 Å². The topological polar surface area (TPSA) is 55.1 Å². The Bertz CT molecular complexity index is 444. The maximum atomic E-state index is 12.4. The second kappa shape index (κ2) is 11.2. The lowest BCUT2D eigenvalue weighted by Crippen LogP contribution is -2.40. The van der Waals surface area contributed by atoms with E-state index in [0.717, 1.165) is 29.9 Å². The molecule has 0 aromatic heterocycles. The first kappa shape index (κ1) is 20.6. The molecule has 0 fully saturated rings. The fourth-order valence-electron chi connectivity index (χ4n) is 1.92. The Balaban J connectivity index is 0.00000400. The number of benzene rings is 1. The fraction of sp³-hybridized carbons (Fsp3) is 0.533. The van der Waals surface area contributed by atoms with Gasteiger partial charge in [-0.1, -0.05) is 38.3 Å². The Morgan fingerprint density at radius 2 is 2.14 bits per heavy atom. The minimum absolute atomic E-state index is 0. The summed E-state index contributed by atoms with van der Waals surface area (Å²) in [4.78, 5) is 13.3. The van der Waals surface area contributed by atoms with E-state index >= 15 is 0 Å². The van der Waals surface area contributed by atoms with Gasteiger partial charge >= 0.3 is 0 Å². The predicted molar refractivity (Wildman–Crippen MR) is 94.9 cm³/mol. The molecule has 1 amide bonds. The highest BCUT2D eigenvalue weighted by Crippen LogP contribution is 2.25. The van der Waals surface area contributed by atoms with Gasteiger partial charge in [0.25, 0.3) is 5.91 Å². The van der Waals surface area contributed by atoms with Crippen molar-refractivity contribution in [2.45, 2.75) is 44.0 Å². The first-order valence-electron chi connectivity index (χ1n) is 7.05. The summed E-state index contributed by atoms with van der Waals surface area (Å²) in [6, 6.07) is 5.46. The Hall–Kier alpha value is -0.420. The predicted octanol–water partition coefficient (Wildman–Crippen LogP) is 4.12. The molecule has 0 saturated heterocycles. The van der Waals surface area contributed by atoms with Crippen molar-refractivity contribution in [3.05, 3.63) is 28.8 Å². The molecule has 6 heteroatoms. The molecule has 3 nitrogen and oxygen atoms in total. The van der Waals surface area contributed by atoms with Gasteiger partial charge in [-0.05, 0) is 30.4 Å². The lowest BCUT2D eigenvalue weighted by atomic mass is 10.1. The summed E-state index contributed by atoms with van der Waals surface area (Å²) in [5, 5.41) is 3.59. The van der Waals surface area contributed by atoms with E-state index in [9.17, 15) is 4.79 Å². The molecule has 1 aromatic carbocycles. The van der Waals surface area contributed by atoms with Crippen molar-refractivity contribution in [2.75, 3.05) is 12.3 Å². The maximum absolute atomic E-state index is 12.4. The second-order valence-corrected chi connectivity index (χ2v) is 6.36. The zero-order valence-electron chi connectivity index (χ0n) is 12.5. The third-order valence-electron chi connectivity index (χ3n) is 3.01. The highest BCUT2D eigenvalue weighted by Gasteiger charge is 2.16. The smallest absolute Gasteiger partial charge is 0.252 e. The van der Waals surface area contributed by atoms with Crippen LogP contribution in [0.1, 0.15) is 43.5 Å². The van der Waals surface area contributed by atoms with Crippen molar-refractivity contribution < 1.29 is 4.79 Å². The molecular formula is C15H24Cl2N2OS. The van der Waals surface area contributed by atoms with Crippen molar-refractivity contribution >= 4 is 41.7 Å². The first-order chi connectivity index (χ1) is 9.62. The molecule has 0 spiro atoms. The molecule has 1 unspecified atom stereocenters. The van der Waals surface area contributed by atoms with Crippen molar-refractivity contribution in [2.24, 2.45) is 5.73 Å².